The number of hydrogen-bond acceptors (Lipinski definition) is 4. The standard InChI is InChI=1S/C15H21N3O2/c1-10(2)18-15(13(20-4)9-17-18)14(16)11-7-5-6-8-12(11)19-3/h5-10,14H,16H2,1-4H3. The first kappa shape index (κ1) is 14.4. The van der Waals surface area contributed by atoms with Gasteiger partial charge >= 0.3 is 0 Å². The Morgan fingerprint density at radius 2 is 1.75 bits per heavy atom. The van der Waals surface area contributed by atoms with Gasteiger partial charge in [-0.2, -0.15) is 5.10 Å². The van der Waals surface area contributed by atoms with E-state index in [1.165, 1.54) is 0 Å². The van der Waals surface area contributed by atoms with Gasteiger partial charge in [-0.3, -0.25) is 4.68 Å². The van der Waals surface area contributed by atoms with Crippen molar-refractivity contribution in [1.82, 2.24) is 9.78 Å². The summed E-state index contributed by atoms with van der Waals surface area (Å²) in [4.78, 5) is 0. The van der Waals surface area contributed by atoms with Gasteiger partial charge in [0, 0.05) is 11.6 Å². The molecule has 1 atom stereocenters. The highest BCUT2D eigenvalue weighted by Gasteiger charge is 2.23. The van der Waals surface area contributed by atoms with E-state index in [4.69, 9.17) is 15.2 Å². The lowest BCUT2D eigenvalue weighted by molar-refractivity contribution is 0.393. The molecule has 0 radical (unpaired) electrons. The molecule has 0 fully saturated rings. The zero-order chi connectivity index (χ0) is 14.7. The third-order valence-corrected chi connectivity index (χ3v) is 3.28. The van der Waals surface area contributed by atoms with E-state index in [9.17, 15) is 0 Å². The first-order valence-corrected chi connectivity index (χ1v) is 6.60. The molecule has 1 heterocycles. The highest BCUT2D eigenvalue weighted by atomic mass is 16.5. The summed E-state index contributed by atoms with van der Waals surface area (Å²) in [7, 11) is 3.27. The fourth-order valence-corrected chi connectivity index (χ4v) is 2.29. The van der Waals surface area contributed by atoms with E-state index >= 15 is 0 Å². The van der Waals surface area contributed by atoms with Crippen molar-refractivity contribution < 1.29 is 9.47 Å². The van der Waals surface area contributed by atoms with Crippen molar-refractivity contribution in [3.8, 4) is 11.5 Å². The fraction of sp³-hybridized carbons (Fsp3) is 0.400. The zero-order valence-corrected chi connectivity index (χ0v) is 12.3. The first-order chi connectivity index (χ1) is 9.60. The average molecular weight is 275 g/mol. The van der Waals surface area contributed by atoms with Crippen molar-refractivity contribution in [2.45, 2.75) is 25.9 Å². The number of benzene rings is 1. The van der Waals surface area contributed by atoms with Crippen LogP contribution >= 0.6 is 0 Å². The normalized spacial score (nSPS) is 12.5. The molecule has 1 aromatic carbocycles. The molecular weight excluding hydrogens is 254 g/mol. The Morgan fingerprint density at radius 1 is 1.10 bits per heavy atom. The molecule has 5 heteroatoms. The molecule has 2 N–H and O–H groups in total. The van der Waals surface area contributed by atoms with Gasteiger partial charge in [0.05, 0.1) is 26.5 Å². The first-order valence-electron chi connectivity index (χ1n) is 6.60. The van der Waals surface area contributed by atoms with E-state index in [0.29, 0.717) is 5.75 Å². The molecule has 2 aromatic rings. The van der Waals surface area contributed by atoms with E-state index in [0.717, 1.165) is 17.0 Å². The molecule has 0 spiro atoms. The molecule has 20 heavy (non-hydrogen) atoms. The van der Waals surface area contributed by atoms with E-state index in [2.05, 4.69) is 18.9 Å². The van der Waals surface area contributed by atoms with E-state index < -0.39 is 0 Å². The lowest BCUT2D eigenvalue weighted by atomic mass is 10.0. The monoisotopic (exact) mass is 275 g/mol. The second-order valence-electron chi connectivity index (χ2n) is 4.86. The molecule has 2 rings (SSSR count). The van der Waals surface area contributed by atoms with Crippen molar-refractivity contribution in [3.63, 3.8) is 0 Å². The van der Waals surface area contributed by atoms with Crippen LogP contribution in [0.25, 0.3) is 0 Å². The van der Waals surface area contributed by atoms with Crippen LogP contribution in [-0.2, 0) is 0 Å². The van der Waals surface area contributed by atoms with Crippen molar-refractivity contribution in [2.75, 3.05) is 14.2 Å². The molecule has 1 unspecified atom stereocenters. The third-order valence-electron chi connectivity index (χ3n) is 3.28. The molecule has 108 valence electrons. The summed E-state index contributed by atoms with van der Waals surface area (Å²) in [5.41, 5.74) is 8.20. The molecule has 0 amide bonds. The van der Waals surface area contributed by atoms with Gasteiger partial charge in [-0.05, 0) is 19.9 Å². The molecule has 0 aliphatic carbocycles. The Balaban J connectivity index is 2.52. The summed E-state index contributed by atoms with van der Waals surface area (Å²) in [6.07, 6.45) is 1.70. The maximum absolute atomic E-state index is 6.43. The molecule has 0 aliphatic rings. The number of nitrogens with two attached hydrogens (primary N) is 1. The van der Waals surface area contributed by atoms with Crippen molar-refractivity contribution >= 4 is 0 Å². The summed E-state index contributed by atoms with van der Waals surface area (Å²) in [5, 5.41) is 4.36. The predicted molar refractivity (Wildman–Crippen MR) is 78.2 cm³/mol. The van der Waals surface area contributed by atoms with Crippen LogP contribution in [0, 0.1) is 0 Å². The van der Waals surface area contributed by atoms with Crippen molar-refractivity contribution in [2.24, 2.45) is 5.73 Å². The largest absolute Gasteiger partial charge is 0.496 e. The van der Waals surface area contributed by atoms with Crippen LogP contribution in [0.2, 0.25) is 0 Å². The lowest BCUT2D eigenvalue weighted by Crippen LogP contribution is -2.20. The predicted octanol–water partition coefficient (Wildman–Crippen LogP) is 2.53. The van der Waals surface area contributed by atoms with Gasteiger partial charge < -0.3 is 15.2 Å². The lowest BCUT2D eigenvalue weighted by Gasteiger charge is -2.20. The topological polar surface area (TPSA) is 62.3 Å². The van der Waals surface area contributed by atoms with Crippen LogP contribution in [0.4, 0.5) is 0 Å². The van der Waals surface area contributed by atoms with Crippen LogP contribution in [0.1, 0.15) is 37.2 Å². The number of hydrogen-bond donors (Lipinski definition) is 1. The van der Waals surface area contributed by atoms with Crippen LogP contribution < -0.4 is 15.2 Å². The molecule has 0 saturated heterocycles. The Hall–Kier alpha value is -2.01. The number of nitrogens with zero attached hydrogens (tertiary/aromatic N) is 2. The number of ether oxygens (including phenoxy) is 2. The van der Waals surface area contributed by atoms with Crippen LogP contribution in [-0.4, -0.2) is 24.0 Å². The maximum Gasteiger partial charge on any atom is 0.161 e. The van der Waals surface area contributed by atoms with Gasteiger partial charge in [-0.25, -0.2) is 0 Å². The maximum atomic E-state index is 6.43. The van der Waals surface area contributed by atoms with Crippen LogP contribution in [0.5, 0.6) is 11.5 Å². The highest BCUT2D eigenvalue weighted by molar-refractivity contribution is 5.43. The van der Waals surface area contributed by atoms with Crippen molar-refractivity contribution in [3.05, 3.63) is 41.7 Å². The molecule has 5 nitrogen and oxygen atoms in total. The average Bonchev–Trinajstić information content (AvgIpc) is 2.90. The fourth-order valence-electron chi connectivity index (χ4n) is 2.29. The van der Waals surface area contributed by atoms with Gasteiger partial charge in [0.15, 0.2) is 5.75 Å². The molecule has 0 aliphatic heterocycles. The minimum Gasteiger partial charge on any atom is -0.496 e. The summed E-state index contributed by atoms with van der Waals surface area (Å²) >= 11 is 0. The van der Waals surface area contributed by atoms with Gasteiger partial charge in [0.2, 0.25) is 0 Å². The summed E-state index contributed by atoms with van der Waals surface area (Å²) in [5.74, 6) is 1.45. The SMILES string of the molecule is COc1ccccc1C(N)c1c(OC)cnn1C(C)C. The minimum absolute atomic E-state index is 0.203. The zero-order valence-electron chi connectivity index (χ0n) is 12.3. The highest BCUT2D eigenvalue weighted by Crippen LogP contribution is 2.34. The summed E-state index contributed by atoms with van der Waals surface area (Å²) < 4.78 is 12.7. The Labute approximate surface area is 119 Å². The van der Waals surface area contributed by atoms with E-state index in [1.54, 1.807) is 20.4 Å². The van der Waals surface area contributed by atoms with Crippen LogP contribution in [0.3, 0.4) is 0 Å². The van der Waals surface area contributed by atoms with Gasteiger partial charge in [-0.15, -0.1) is 0 Å². The van der Waals surface area contributed by atoms with Crippen molar-refractivity contribution in [1.29, 1.82) is 0 Å². The Bertz CT molecular complexity index is 578. The number of aromatic nitrogens is 2. The van der Waals surface area contributed by atoms with Gasteiger partial charge in [-0.1, -0.05) is 18.2 Å². The quantitative estimate of drug-likeness (QED) is 0.910. The number of para-hydroxylation sites is 1. The van der Waals surface area contributed by atoms with Gasteiger partial charge in [0.25, 0.3) is 0 Å². The smallest absolute Gasteiger partial charge is 0.161 e. The summed E-state index contributed by atoms with van der Waals surface area (Å²) in [6.45, 7) is 4.12. The molecule has 1 aromatic heterocycles. The Morgan fingerprint density at radius 3 is 2.35 bits per heavy atom. The van der Waals surface area contributed by atoms with E-state index in [1.807, 2.05) is 28.9 Å². The number of rotatable bonds is 5. The molecular formula is C15H21N3O2. The Kier molecular flexibility index (Phi) is 4.29. The third kappa shape index (κ3) is 2.49. The minimum atomic E-state index is -0.356. The van der Waals surface area contributed by atoms with Crippen LogP contribution in [0.15, 0.2) is 30.5 Å². The second-order valence-corrected chi connectivity index (χ2v) is 4.86. The molecule has 0 saturated carbocycles. The van der Waals surface area contributed by atoms with Gasteiger partial charge in [0.1, 0.15) is 11.4 Å². The van der Waals surface area contributed by atoms with E-state index in [-0.39, 0.29) is 12.1 Å². The second kappa shape index (κ2) is 5.96. The molecule has 0 bridgehead atoms. The summed E-state index contributed by atoms with van der Waals surface area (Å²) in [6, 6.07) is 7.57. The number of methoxy groups -OCH3 is 2.